The Balaban J connectivity index is 1.56. The van der Waals surface area contributed by atoms with Gasteiger partial charge in [-0.2, -0.15) is 0 Å². The number of rotatable bonds is 6. The molecular formula is C27H23NO5. The van der Waals surface area contributed by atoms with Crippen molar-refractivity contribution in [2.24, 2.45) is 0 Å². The minimum Gasteiger partial charge on any atom is -0.480 e. The van der Waals surface area contributed by atoms with Gasteiger partial charge in [-0.1, -0.05) is 48.5 Å². The lowest BCUT2D eigenvalue weighted by molar-refractivity contribution is -0.139. The predicted molar refractivity (Wildman–Crippen MR) is 126 cm³/mol. The molecule has 0 radical (unpaired) electrons. The first-order chi connectivity index (χ1) is 15.8. The van der Waals surface area contributed by atoms with Crippen LogP contribution in [-0.2, 0) is 11.2 Å². The lowest BCUT2D eigenvalue weighted by atomic mass is 10.0. The van der Waals surface area contributed by atoms with Crippen molar-refractivity contribution in [3.8, 4) is 11.3 Å². The minimum absolute atomic E-state index is 0.134. The molecule has 1 unspecified atom stereocenters. The Morgan fingerprint density at radius 1 is 0.970 bits per heavy atom. The van der Waals surface area contributed by atoms with Crippen LogP contribution < -0.4 is 10.7 Å². The van der Waals surface area contributed by atoms with E-state index in [1.165, 1.54) is 6.07 Å². The van der Waals surface area contributed by atoms with E-state index in [0.717, 1.165) is 16.7 Å². The van der Waals surface area contributed by atoms with Gasteiger partial charge in [-0.3, -0.25) is 9.59 Å². The molecule has 1 atom stereocenters. The monoisotopic (exact) mass is 441 g/mol. The second-order valence-corrected chi connectivity index (χ2v) is 8.06. The van der Waals surface area contributed by atoms with Crippen LogP contribution in [0.25, 0.3) is 22.3 Å². The molecular weight excluding hydrogens is 418 g/mol. The topological polar surface area (TPSA) is 96.6 Å². The number of hydrogen-bond donors (Lipinski definition) is 2. The van der Waals surface area contributed by atoms with E-state index in [1.54, 1.807) is 30.3 Å². The van der Waals surface area contributed by atoms with E-state index in [9.17, 15) is 19.5 Å². The normalized spacial score (nSPS) is 11.8. The fraction of sp³-hybridized carbons (Fsp3) is 0.148. The Labute approximate surface area is 190 Å². The maximum atomic E-state index is 12.7. The summed E-state index contributed by atoms with van der Waals surface area (Å²) in [5.41, 5.74) is 4.04. The Morgan fingerprint density at radius 3 is 2.33 bits per heavy atom. The van der Waals surface area contributed by atoms with Gasteiger partial charge < -0.3 is 14.8 Å². The van der Waals surface area contributed by atoms with Crippen molar-refractivity contribution >= 4 is 22.8 Å². The summed E-state index contributed by atoms with van der Waals surface area (Å²) >= 11 is 0. The SMILES string of the molecule is Cc1cc(C)c2oc(-c3ccc(C(=O)NC(Cc4ccccc4)C(=O)O)cc3)cc(=O)c2c1. The highest BCUT2D eigenvalue weighted by molar-refractivity contribution is 5.97. The fourth-order valence-corrected chi connectivity index (χ4v) is 3.83. The molecule has 0 saturated carbocycles. The quantitative estimate of drug-likeness (QED) is 0.459. The molecule has 6 nitrogen and oxygen atoms in total. The Kier molecular flexibility index (Phi) is 6.09. The van der Waals surface area contributed by atoms with Crippen LogP contribution in [-0.4, -0.2) is 23.0 Å². The Bertz CT molecular complexity index is 1390. The molecule has 0 aliphatic carbocycles. The van der Waals surface area contributed by atoms with E-state index in [-0.39, 0.29) is 11.8 Å². The van der Waals surface area contributed by atoms with E-state index in [4.69, 9.17) is 4.42 Å². The van der Waals surface area contributed by atoms with Crippen LogP contribution in [0.4, 0.5) is 0 Å². The number of amides is 1. The standard InChI is InChI=1S/C27H23NO5/c1-16-12-17(2)25-21(13-16)23(29)15-24(33-25)19-8-10-20(11-9-19)26(30)28-22(27(31)32)14-18-6-4-3-5-7-18/h3-13,15,22H,14H2,1-2H3,(H,28,30)(H,31,32). The van der Waals surface area contributed by atoms with Gasteiger partial charge >= 0.3 is 5.97 Å². The average molecular weight is 441 g/mol. The van der Waals surface area contributed by atoms with Gasteiger partial charge in [0.15, 0.2) is 5.43 Å². The number of carboxylic acid groups (broad SMARTS) is 1. The number of aliphatic carboxylic acids is 1. The van der Waals surface area contributed by atoms with Crippen LogP contribution in [0.3, 0.4) is 0 Å². The van der Waals surface area contributed by atoms with Gasteiger partial charge in [0.2, 0.25) is 0 Å². The zero-order valence-electron chi connectivity index (χ0n) is 18.3. The molecule has 33 heavy (non-hydrogen) atoms. The number of benzene rings is 3. The summed E-state index contributed by atoms with van der Waals surface area (Å²) in [5, 5.41) is 12.6. The average Bonchev–Trinajstić information content (AvgIpc) is 2.80. The summed E-state index contributed by atoms with van der Waals surface area (Å²) in [6.07, 6.45) is 0.182. The highest BCUT2D eigenvalue weighted by Gasteiger charge is 2.21. The molecule has 166 valence electrons. The van der Waals surface area contributed by atoms with E-state index < -0.39 is 17.9 Å². The van der Waals surface area contributed by atoms with Crippen LogP contribution in [0.15, 0.2) is 82.0 Å². The van der Waals surface area contributed by atoms with E-state index in [1.807, 2.05) is 50.2 Å². The molecule has 0 aliphatic heterocycles. The summed E-state index contributed by atoms with van der Waals surface area (Å²) in [7, 11) is 0. The van der Waals surface area contributed by atoms with Gasteiger partial charge in [0.1, 0.15) is 17.4 Å². The lowest BCUT2D eigenvalue weighted by Gasteiger charge is -2.15. The molecule has 4 rings (SSSR count). The fourth-order valence-electron chi connectivity index (χ4n) is 3.83. The smallest absolute Gasteiger partial charge is 0.326 e. The molecule has 2 N–H and O–H groups in total. The third kappa shape index (κ3) is 4.85. The zero-order valence-corrected chi connectivity index (χ0v) is 18.3. The third-order valence-corrected chi connectivity index (χ3v) is 5.48. The van der Waals surface area contributed by atoms with Crippen molar-refractivity contribution in [1.29, 1.82) is 0 Å². The summed E-state index contributed by atoms with van der Waals surface area (Å²) in [5.74, 6) is -1.19. The Hall–Kier alpha value is -4.19. The highest BCUT2D eigenvalue weighted by atomic mass is 16.4. The van der Waals surface area contributed by atoms with E-state index >= 15 is 0 Å². The van der Waals surface area contributed by atoms with E-state index in [2.05, 4.69) is 5.32 Å². The second-order valence-electron chi connectivity index (χ2n) is 8.06. The molecule has 6 heteroatoms. The van der Waals surface area contributed by atoms with Gasteiger partial charge in [0.05, 0.1) is 5.39 Å². The molecule has 1 aromatic heterocycles. The molecule has 0 bridgehead atoms. The molecule has 0 spiro atoms. The molecule has 1 amide bonds. The van der Waals surface area contributed by atoms with Crippen LogP contribution in [0.1, 0.15) is 27.0 Å². The number of carbonyl (C=O) groups is 2. The van der Waals surface area contributed by atoms with Crippen molar-refractivity contribution in [3.05, 3.63) is 105 Å². The van der Waals surface area contributed by atoms with Gasteiger partial charge in [-0.25, -0.2) is 4.79 Å². The summed E-state index contributed by atoms with van der Waals surface area (Å²) in [4.78, 5) is 36.9. The predicted octanol–water partition coefficient (Wildman–Crippen LogP) is 4.50. The second kappa shape index (κ2) is 9.12. The molecule has 3 aromatic carbocycles. The van der Waals surface area contributed by atoms with Crippen molar-refractivity contribution < 1.29 is 19.1 Å². The summed E-state index contributed by atoms with van der Waals surface area (Å²) < 4.78 is 6.00. The van der Waals surface area contributed by atoms with Crippen LogP contribution in [0.2, 0.25) is 0 Å². The van der Waals surface area contributed by atoms with Gasteiger partial charge in [-0.15, -0.1) is 0 Å². The van der Waals surface area contributed by atoms with Gasteiger partial charge in [0.25, 0.3) is 5.91 Å². The minimum atomic E-state index is -1.10. The zero-order chi connectivity index (χ0) is 23.5. The number of carbonyl (C=O) groups excluding carboxylic acids is 1. The maximum absolute atomic E-state index is 12.7. The summed E-state index contributed by atoms with van der Waals surface area (Å²) in [6.45, 7) is 3.82. The van der Waals surface area contributed by atoms with Crippen LogP contribution in [0.5, 0.6) is 0 Å². The number of fused-ring (bicyclic) bond motifs is 1. The van der Waals surface area contributed by atoms with Crippen molar-refractivity contribution in [2.45, 2.75) is 26.3 Å². The summed E-state index contributed by atoms with van der Waals surface area (Å²) in [6, 6.07) is 19.8. The molecule has 0 aliphatic rings. The van der Waals surface area contributed by atoms with E-state index in [0.29, 0.717) is 27.9 Å². The molecule has 0 saturated heterocycles. The number of carboxylic acids is 1. The molecule has 0 fully saturated rings. The largest absolute Gasteiger partial charge is 0.480 e. The van der Waals surface area contributed by atoms with Crippen LogP contribution >= 0.6 is 0 Å². The first kappa shape index (κ1) is 22.0. The van der Waals surface area contributed by atoms with Gasteiger partial charge in [0, 0.05) is 23.6 Å². The van der Waals surface area contributed by atoms with Crippen molar-refractivity contribution in [3.63, 3.8) is 0 Å². The van der Waals surface area contributed by atoms with Crippen LogP contribution in [0, 0.1) is 13.8 Å². The first-order valence-electron chi connectivity index (χ1n) is 10.5. The highest BCUT2D eigenvalue weighted by Crippen LogP contribution is 2.25. The van der Waals surface area contributed by atoms with Crippen molar-refractivity contribution in [2.75, 3.05) is 0 Å². The van der Waals surface area contributed by atoms with Crippen molar-refractivity contribution in [1.82, 2.24) is 5.32 Å². The third-order valence-electron chi connectivity index (χ3n) is 5.48. The number of nitrogens with one attached hydrogen (secondary N) is 1. The Morgan fingerprint density at radius 2 is 1.67 bits per heavy atom. The van der Waals surface area contributed by atoms with Gasteiger partial charge in [-0.05, 0) is 48.7 Å². The molecule has 4 aromatic rings. The first-order valence-corrected chi connectivity index (χ1v) is 10.5. The number of hydrogen-bond acceptors (Lipinski definition) is 4. The molecule has 1 heterocycles. The number of aryl methyl sites for hydroxylation is 2. The maximum Gasteiger partial charge on any atom is 0.326 e. The lowest BCUT2D eigenvalue weighted by Crippen LogP contribution is -2.42.